The predicted octanol–water partition coefficient (Wildman–Crippen LogP) is 6.24. The van der Waals surface area contributed by atoms with Gasteiger partial charge in [-0.2, -0.15) is 0 Å². The van der Waals surface area contributed by atoms with E-state index in [-0.39, 0.29) is 22.3 Å². The minimum absolute atomic E-state index is 0.0415. The molecule has 0 aliphatic carbocycles. The Morgan fingerprint density at radius 1 is 0.328 bits per heavy atom. The van der Waals surface area contributed by atoms with Crippen molar-refractivity contribution in [3.63, 3.8) is 0 Å². The number of carbonyl (C=O) groups is 4. The summed E-state index contributed by atoms with van der Waals surface area (Å²) in [5.74, 6) is 0.0544. The van der Waals surface area contributed by atoms with Gasteiger partial charge in [-0.15, -0.1) is 0 Å². The third-order valence-electron chi connectivity index (χ3n) is 9.78. The summed E-state index contributed by atoms with van der Waals surface area (Å²) < 4.78 is 53.5. The van der Waals surface area contributed by atoms with Crippen LogP contribution in [0.5, 0.6) is 34.5 Å². The van der Waals surface area contributed by atoms with E-state index < -0.39 is 23.9 Å². The van der Waals surface area contributed by atoms with Crippen LogP contribution in [0.15, 0.2) is 48.5 Å². The summed E-state index contributed by atoms with van der Waals surface area (Å²) in [5.41, 5.74) is 4.94. The van der Waals surface area contributed by atoms with E-state index in [2.05, 4.69) is 0 Å². The van der Waals surface area contributed by atoms with Gasteiger partial charge in [0, 0.05) is 0 Å². The molecule has 0 saturated heterocycles. The molecule has 4 rings (SSSR count). The molecule has 0 fully saturated rings. The summed E-state index contributed by atoms with van der Waals surface area (Å²) in [6, 6.07) is 14.0. The quantitative estimate of drug-likeness (QED) is 0.0774. The zero-order valence-electron chi connectivity index (χ0n) is 34.6. The highest BCUT2D eigenvalue weighted by molar-refractivity contribution is 6.04. The van der Waals surface area contributed by atoms with E-state index in [9.17, 15) is 19.2 Å². The van der Waals surface area contributed by atoms with Gasteiger partial charge in [0.2, 0.25) is 11.5 Å². The van der Waals surface area contributed by atoms with Crippen molar-refractivity contribution >= 4 is 23.9 Å². The Hall–Kier alpha value is -6.44. The number of hydrogen-bond donors (Lipinski definition) is 0. The molecule has 58 heavy (non-hydrogen) atoms. The molecule has 0 saturated carbocycles. The van der Waals surface area contributed by atoms with Crippen LogP contribution in [-0.4, -0.2) is 95.0 Å². The Kier molecular flexibility index (Phi) is 15.8. The van der Waals surface area contributed by atoms with Crippen LogP contribution in [0, 0.1) is 0 Å². The highest BCUT2D eigenvalue weighted by Crippen LogP contribution is 2.40. The number of carbonyl (C=O) groups excluding carboxylic acids is 4. The van der Waals surface area contributed by atoms with Gasteiger partial charge in [0.25, 0.3) is 0 Å². The van der Waals surface area contributed by atoms with Crippen molar-refractivity contribution in [1.82, 2.24) is 0 Å². The van der Waals surface area contributed by atoms with Crippen molar-refractivity contribution in [1.29, 1.82) is 0 Å². The van der Waals surface area contributed by atoms with Gasteiger partial charge < -0.3 is 47.4 Å². The molecule has 0 aromatic heterocycles. The fourth-order valence-corrected chi connectivity index (χ4v) is 6.81. The first-order valence-electron chi connectivity index (χ1n) is 18.2. The van der Waals surface area contributed by atoms with Crippen LogP contribution in [0.3, 0.4) is 0 Å². The fraction of sp³-hybridized carbons (Fsp3) is 0.364. The molecule has 0 unspecified atom stereocenters. The van der Waals surface area contributed by atoms with Crippen LogP contribution < -0.4 is 28.4 Å². The molecule has 0 N–H and O–H groups in total. The lowest BCUT2D eigenvalue weighted by Crippen LogP contribution is -2.16. The second-order valence-electron chi connectivity index (χ2n) is 12.9. The molecule has 0 bridgehead atoms. The van der Waals surface area contributed by atoms with Crippen LogP contribution >= 0.6 is 0 Å². The topological polar surface area (TPSA) is 161 Å². The molecule has 0 aliphatic rings. The predicted molar refractivity (Wildman–Crippen MR) is 213 cm³/mol. The van der Waals surface area contributed by atoms with Crippen molar-refractivity contribution in [2.75, 3.05) is 71.1 Å². The molecule has 0 amide bonds. The molecule has 4 aromatic carbocycles. The summed E-state index contributed by atoms with van der Waals surface area (Å²) in [6.45, 7) is 0. The fourth-order valence-electron chi connectivity index (χ4n) is 6.81. The molecule has 14 heteroatoms. The number of benzene rings is 4. The minimum atomic E-state index is -0.709. The van der Waals surface area contributed by atoms with Crippen molar-refractivity contribution in [3.05, 3.63) is 104 Å². The standard InChI is InChI=1S/C44H50O14/c1-49-35-17-25(18-36(50-2)39(35)53-5)11-13-27-21-31(41(45)55-7)33(43(47)57-9)23-29(27)15-16-30-24-34(44(48)58-10)32(42(46)56-8)22-28(30)14-12-26-19-37(51-3)40(54-6)38(20-26)52-4/h17-24H,11-16H2,1-10H3. The van der Waals surface area contributed by atoms with Crippen LogP contribution in [0.25, 0.3) is 0 Å². The van der Waals surface area contributed by atoms with Gasteiger partial charge >= 0.3 is 23.9 Å². The van der Waals surface area contributed by atoms with E-state index in [0.717, 1.165) is 33.4 Å². The van der Waals surface area contributed by atoms with E-state index in [1.165, 1.54) is 71.1 Å². The summed E-state index contributed by atoms with van der Waals surface area (Å²) in [4.78, 5) is 52.2. The molecule has 14 nitrogen and oxygen atoms in total. The maximum absolute atomic E-state index is 13.1. The third kappa shape index (κ3) is 9.92. The Morgan fingerprint density at radius 3 is 0.741 bits per heavy atom. The van der Waals surface area contributed by atoms with Crippen molar-refractivity contribution in [2.24, 2.45) is 0 Å². The normalized spacial score (nSPS) is 10.6. The summed E-state index contributed by atoms with van der Waals surface area (Å²) in [7, 11) is 14.2. The Labute approximate surface area is 338 Å². The first-order chi connectivity index (χ1) is 27.9. The van der Waals surface area contributed by atoms with E-state index in [1.807, 2.05) is 24.3 Å². The Morgan fingerprint density at radius 2 is 0.552 bits per heavy atom. The van der Waals surface area contributed by atoms with E-state index >= 15 is 0 Å². The van der Waals surface area contributed by atoms with E-state index in [4.69, 9.17) is 47.4 Å². The van der Waals surface area contributed by atoms with Crippen LogP contribution in [-0.2, 0) is 57.5 Å². The minimum Gasteiger partial charge on any atom is -0.493 e. The number of ether oxygens (including phenoxy) is 10. The number of rotatable bonds is 19. The molecular weight excluding hydrogens is 752 g/mol. The van der Waals surface area contributed by atoms with E-state index in [1.54, 1.807) is 24.3 Å². The summed E-state index contributed by atoms with van der Waals surface area (Å²) in [6.07, 6.45) is 2.55. The smallest absolute Gasteiger partial charge is 0.338 e. The molecular formula is C44H50O14. The monoisotopic (exact) mass is 802 g/mol. The number of hydrogen-bond acceptors (Lipinski definition) is 14. The lowest BCUT2D eigenvalue weighted by Gasteiger charge is -2.18. The second-order valence-corrected chi connectivity index (χ2v) is 12.9. The third-order valence-corrected chi connectivity index (χ3v) is 9.78. The van der Waals surface area contributed by atoms with Gasteiger partial charge in [-0.3, -0.25) is 0 Å². The zero-order valence-corrected chi connectivity index (χ0v) is 34.6. The zero-order chi connectivity index (χ0) is 42.5. The van der Waals surface area contributed by atoms with Gasteiger partial charge in [0.15, 0.2) is 23.0 Å². The Balaban J connectivity index is 1.84. The van der Waals surface area contributed by atoms with Gasteiger partial charge in [-0.05, 0) is 120 Å². The van der Waals surface area contributed by atoms with Gasteiger partial charge in [-0.1, -0.05) is 0 Å². The highest BCUT2D eigenvalue weighted by atomic mass is 16.5. The van der Waals surface area contributed by atoms with Gasteiger partial charge in [0.05, 0.1) is 93.4 Å². The molecule has 0 heterocycles. The maximum atomic E-state index is 13.1. The van der Waals surface area contributed by atoms with Gasteiger partial charge in [-0.25, -0.2) is 19.2 Å². The first kappa shape index (κ1) is 44.3. The van der Waals surface area contributed by atoms with Gasteiger partial charge in [0.1, 0.15) is 0 Å². The Bertz CT molecular complexity index is 1940. The highest BCUT2D eigenvalue weighted by Gasteiger charge is 2.25. The number of methoxy groups -OCH3 is 10. The lowest BCUT2D eigenvalue weighted by atomic mass is 9.88. The maximum Gasteiger partial charge on any atom is 0.338 e. The second kappa shape index (κ2) is 20.6. The van der Waals surface area contributed by atoms with Crippen LogP contribution in [0.1, 0.15) is 74.8 Å². The molecule has 4 aromatic rings. The largest absolute Gasteiger partial charge is 0.493 e. The molecule has 0 aliphatic heterocycles. The van der Waals surface area contributed by atoms with Crippen LogP contribution in [0.4, 0.5) is 0 Å². The van der Waals surface area contributed by atoms with Crippen molar-refractivity contribution in [2.45, 2.75) is 38.5 Å². The summed E-state index contributed by atoms with van der Waals surface area (Å²) >= 11 is 0. The molecule has 0 spiro atoms. The molecule has 310 valence electrons. The number of aryl methyl sites for hydroxylation is 6. The lowest BCUT2D eigenvalue weighted by molar-refractivity contribution is 0.0555. The average Bonchev–Trinajstić information content (AvgIpc) is 3.26. The van der Waals surface area contributed by atoms with E-state index in [0.29, 0.717) is 73.0 Å². The van der Waals surface area contributed by atoms with Crippen molar-refractivity contribution < 1.29 is 66.5 Å². The molecule has 0 radical (unpaired) electrons. The average molecular weight is 803 g/mol. The van der Waals surface area contributed by atoms with Crippen LogP contribution in [0.2, 0.25) is 0 Å². The SMILES string of the molecule is COC(=O)c1cc(CCc2cc(OC)c(OC)c(OC)c2)c(CCc2cc(C(=O)OC)c(C(=O)OC)cc2CCc2cc(OC)c(OC)c(OC)c2)cc1C(=O)OC. The summed E-state index contributed by atoms with van der Waals surface area (Å²) in [5, 5.41) is 0. The van der Waals surface area contributed by atoms with Crippen molar-refractivity contribution in [3.8, 4) is 34.5 Å². The number of esters is 4. The first-order valence-corrected chi connectivity index (χ1v) is 18.2. The molecule has 0 atom stereocenters.